The Labute approximate surface area is 164 Å². The fourth-order valence-corrected chi connectivity index (χ4v) is 5.28. The quantitative estimate of drug-likeness (QED) is 0.395. The van der Waals surface area contributed by atoms with E-state index >= 15 is 0 Å². The number of carbonyl (C=O) groups excluding carboxylic acids is 1. The van der Waals surface area contributed by atoms with Crippen LogP contribution in [0.3, 0.4) is 0 Å². The van der Waals surface area contributed by atoms with Crippen molar-refractivity contribution in [3.05, 3.63) is 57.6 Å². The van der Waals surface area contributed by atoms with Crippen molar-refractivity contribution in [2.24, 2.45) is 0 Å². The molecule has 1 aliphatic heterocycles. The van der Waals surface area contributed by atoms with Crippen LogP contribution in [0.1, 0.15) is 18.1 Å². The number of carbonyl (C=O) groups is 1. The Morgan fingerprint density at radius 1 is 1.20 bits per heavy atom. The molecule has 1 fully saturated rings. The van der Waals surface area contributed by atoms with E-state index < -0.39 is 10.9 Å². The van der Waals surface area contributed by atoms with Crippen molar-refractivity contribution in [2.45, 2.75) is 24.8 Å². The third-order valence-electron chi connectivity index (χ3n) is 4.60. The van der Waals surface area contributed by atoms with E-state index in [4.69, 9.17) is 34.8 Å². The molecule has 2 heterocycles. The summed E-state index contributed by atoms with van der Waals surface area (Å²) in [6.45, 7) is 3.93. The first-order valence-electron chi connectivity index (χ1n) is 7.63. The van der Waals surface area contributed by atoms with Gasteiger partial charge in [-0.25, -0.2) is 4.98 Å². The molecule has 0 N–H and O–H groups in total. The van der Waals surface area contributed by atoms with Gasteiger partial charge in [0.05, 0.1) is 15.8 Å². The third kappa shape index (κ3) is 2.47. The highest BCUT2D eigenvalue weighted by Crippen LogP contribution is 2.51. The Kier molecular flexibility index (Phi) is 4.00. The maximum atomic E-state index is 12.6. The molecule has 2 unspecified atom stereocenters. The van der Waals surface area contributed by atoms with Crippen LogP contribution < -0.4 is 4.90 Å². The van der Waals surface area contributed by atoms with Gasteiger partial charge in [-0.2, -0.15) is 0 Å². The number of rotatable bonds is 2. The first kappa shape index (κ1) is 17.1. The molecule has 0 radical (unpaired) electrons. The predicted octanol–water partition coefficient (Wildman–Crippen LogP) is 5.78. The number of hydrogen-bond donors (Lipinski definition) is 0. The van der Waals surface area contributed by atoms with Crippen molar-refractivity contribution in [2.75, 3.05) is 4.90 Å². The van der Waals surface area contributed by atoms with E-state index in [1.54, 1.807) is 17.0 Å². The molecule has 0 spiro atoms. The number of amides is 1. The monoisotopic (exact) mass is 410 g/mol. The van der Waals surface area contributed by atoms with Gasteiger partial charge in [0, 0.05) is 10.0 Å². The number of alkyl halides is 1. The topological polar surface area (TPSA) is 33.2 Å². The molecule has 1 saturated heterocycles. The van der Waals surface area contributed by atoms with E-state index in [2.05, 4.69) is 11.1 Å². The maximum absolute atomic E-state index is 12.6. The van der Waals surface area contributed by atoms with Gasteiger partial charge in [0.15, 0.2) is 5.13 Å². The van der Waals surface area contributed by atoms with Gasteiger partial charge in [0.1, 0.15) is 5.38 Å². The van der Waals surface area contributed by atoms with Gasteiger partial charge in [-0.3, -0.25) is 9.69 Å². The maximum Gasteiger partial charge on any atom is 0.250 e. The minimum Gasteiger partial charge on any atom is -0.274 e. The van der Waals surface area contributed by atoms with E-state index in [9.17, 15) is 4.79 Å². The van der Waals surface area contributed by atoms with Gasteiger partial charge < -0.3 is 0 Å². The molecule has 0 saturated carbocycles. The number of fused-ring (bicyclic) bond motifs is 1. The van der Waals surface area contributed by atoms with Crippen LogP contribution in [-0.4, -0.2) is 16.3 Å². The third-order valence-corrected chi connectivity index (χ3v) is 6.76. The van der Waals surface area contributed by atoms with E-state index in [1.165, 1.54) is 11.3 Å². The van der Waals surface area contributed by atoms with Gasteiger partial charge in [-0.15, -0.1) is 11.6 Å². The summed E-state index contributed by atoms with van der Waals surface area (Å²) in [7, 11) is 0. The molecule has 7 heteroatoms. The Morgan fingerprint density at radius 3 is 2.68 bits per heavy atom. The van der Waals surface area contributed by atoms with Crippen LogP contribution in [0.4, 0.5) is 5.13 Å². The van der Waals surface area contributed by atoms with Crippen LogP contribution in [0, 0.1) is 6.92 Å². The molecule has 128 valence electrons. The molecule has 3 aromatic rings. The van der Waals surface area contributed by atoms with Crippen LogP contribution >= 0.6 is 46.1 Å². The Hall–Kier alpha value is -1.33. The molecular weight excluding hydrogens is 399 g/mol. The van der Waals surface area contributed by atoms with E-state index in [0.717, 1.165) is 21.3 Å². The second kappa shape index (κ2) is 5.85. The summed E-state index contributed by atoms with van der Waals surface area (Å²) < 4.78 is 1.03. The summed E-state index contributed by atoms with van der Waals surface area (Å²) in [4.78, 5) is 18.8. The zero-order valence-electron chi connectivity index (χ0n) is 13.4. The van der Waals surface area contributed by atoms with Gasteiger partial charge in [-0.1, -0.05) is 46.7 Å². The summed E-state index contributed by atoms with van der Waals surface area (Å²) in [6.07, 6.45) is 0. The number of nitrogens with zero attached hydrogens (tertiary/aromatic N) is 2. The number of thiazole rings is 1. The smallest absolute Gasteiger partial charge is 0.250 e. The number of aryl methyl sites for hydroxylation is 1. The number of hydrogen-bond acceptors (Lipinski definition) is 3. The van der Waals surface area contributed by atoms with Crippen LogP contribution in [0.2, 0.25) is 10.0 Å². The highest BCUT2D eigenvalue weighted by atomic mass is 35.5. The average Bonchev–Trinajstić information content (AvgIpc) is 2.96. The van der Waals surface area contributed by atoms with Crippen molar-refractivity contribution < 1.29 is 4.79 Å². The first-order chi connectivity index (χ1) is 11.8. The summed E-state index contributed by atoms with van der Waals surface area (Å²) >= 11 is 20.3. The SMILES string of the molecule is Cc1ccc2nc(N3C(=O)C(Cl)C3(C)c3ccc(Cl)cc3Cl)sc2c1. The number of β-lactam (4-membered cyclic amide) rings is 1. The number of anilines is 1. The van der Waals surface area contributed by atoms with Gasteiger partial charge in [-0.05, 0) is 49.2 Å². The molecule has 0 bridgehead atoms. The minimum atomic E-state index is -0.775. The lowest BCUT2D eigenvalue weighted by Crippen LogP contribution is -2.69. The Balaban J connectivity index is 1.85. The molecule has 3 nitrogen and oxygen atoms in total. The molecule has 1 amide bonds. The van der Waals surface area contributed by atoms with Crippen molar-refractivity contribution >= 4 is 67.4 Å². The van der Waals surface area contributed by atoms with Crippen molar-refractivity contribution in [3.8, 4) is 0 Å². The molecule has 2 atom stereocenters. The second-order valence-corrected chi connectivity index (χ2v) is 8.56. The largest absolute Gasteiger partial charge is 0.274 e. The van der Waals surface area contributed by atoms with Crippen LogP contribution in [0.25, 0.3) is 10.2 Å². The van der Waals surface area contributed by atoms with Crippen LogP contribution in [0.15, 0.2) is 36.4 Å². The van der Waals surface area contributed by atoms with Crippen LogP contribution in [-0.2, 0) is 10.3 Å². The number of halogens is 3. The highest BCUT2D eigenvalue weighted by Gasteiger charge is 2.59. The van der Waals surface area contributed by atoms with Crippen molar-refractivity contribution in [1.29, 1.82) is 0 Å². The lowest BCUT2D eigenvalue weighted by Gasteiger charge is -2.52. The summed E-state index contributed by atoms with van der Waals surface area (Å²) in [6, 6.07) is 11.3. The summed E-state index contributed by atoms with van der Waals surface area (Å²) in [5.74, 6) is -0.175. The standard InChI is InChI=1S/C18H13Cl3N2OS/c1-9-3-6-13-14(7-9)25-17(22-13)23-16(24)15(21)18(23,2)11-5-4-10(19)8-12(11)20/h3-8,15H,1-2H3. The Morgan fingerprint density at radius 2 is 1.96 bits per heavy atom. The Bertz CT molecular complexity index is 1020. The van der Waals surface area contributed by atoms with E-state index in [1.807, 2.05) is 32.0 Å². The fourth-order valence-electron chi connectivity index (χ4n) is 3.20. The normalized spacial score (nSPS) is 23.2. The summed E-state index contributed by atoms with van der Waals surface area (Å²) in [5, 5.41) is 0.933. The zero-order chi connectivity index (χ0) is 17.9. The fraction of sp³-hybridized carbons (Fsp3) is 0.222. The van der Waals surface area contributed by atoms with Gasteiger partial charge >= 0.3 is 0 Å². The van der Waals surface area contributed by atoms with Crippen molar-refractivity contribution in [3.63, 3.8) is 0 Å². The zero-order valence-corrected chi connectivity index (χ0v) is 16.5. The lowest BCUT2D eigenvalue weighted by molar-refractivity contribution is -0.126. The second-order valence-electron chi connectivity index (χ2n) is 6.28. The van der Waals surface area contributed by atoms with Gasteiger partial charge in [0.25, 0.3) is 0 Å². The van der Waals surface area contributed by atoms with E-state index in [-0.39, 0.29) is 5.91 Å². The molecule has 2 aromatic carbocycles. The van der Waals surface area contributed by atoms with Gasteiger partial charge in [0.2, 0.25) is 5.91 Å². The molecule has 0 aliphatic carbocycles. The highest BCUT2D eigenvalue weighted by molar-refractivity contribution is 7.22. The lowest BCUT2D eigenvalue weighted by atomic mass is 9.79. The van der Waals surface area contributed by atoms with Crippen LogP contribution in [0.5, 0.6) is 0 Å². The first-order valence-corrected chi connectivity index (χ1v) is 9.64. The number of benzene rings is 2. The minimum absolute atomic E-state index is 0.175. The van der Waals surface area contributed by atoms with Crippen molar-refractivity contribution in [1.82, 2.24) is 4.98 Å². The predicted molar refractivity (Wildman–Crippen MR) is 105 cm³/mol. The molecule has 4 rings (SSSR count). The molecule has 1 aromatic heterocycles. The number of aromatic nitrogens is 1. The molecule has 25 heavy (non-hydrogen) atoms. The summed E-state index contributed by atoms with van der Waals surface area (Å²) in [5.41, 5.74) is 1.99. The average molecular weight is 412 g/mol. The molecule has 1 aliphatic rings. The van der Waals surface area contributed by atoms with E-state index in [0.29, 0.717) is 15.2 Å². The molecular formula is C18H13Cl3N2OS.